The lowest BCUT2D eigenvalue weighted by atomic mass is 9.96. The second kappa shape index (κ2) is 11.9. The molecule has 218 valence electrons. The van der Waals surface area contributed by atoms with Gasteiger partial charge < -0.3 is 19.4 Å². The van der Waals surface area contributed by atoms with Crippen molar-refractivity contribution < 1.29 is 23.9 Å². The molecule has 2 aromatic heterocycles. The minimum Gasteiger partial charge on any atom is -0.476 e. The Balaban J connectivity index is 1.25. The third-order valence-corrected chi connectivity index (χ3v) is 8.05. The number of aromatic amines is 1. The van der Waals surface area contributed by atoms with E-state index in [1.807, 2.05) is 48.5 Å². The van der Waals surface area contributed by atoms with E-state index in [9.17, 15) is 19.5 Å². The molecule has 43 heavy (non-hydrogen) atoms. The Morgan fingerprint density at radius 2 is 1.53 bits per heavy atom. The number of nitrogens with zero attached hydrogens (tertiary/aromatic N) is 4. The third-order valence-electron chi connectivity index (χ3n) is 8.05. The van der Waals surface area contributed by atoms with E-state index < -0.39 is 12.0 Å². The number of benzene rings is 3. The van der Waals surface area contributed by atoms with E-state index >= 15 is 0 Å². The molecule has 2 amide bonds. The van der Waals surface area contributed by atoms with Gasteiger partial charge in [0.25, 0.3) is 0 Å². The van der Waals surface area contributed by atoms with Gasteiger partial charge in [0.1, 0.15) is 11.9 Å². The molecule has 0 saturated carbocycles. The van der Waals surface area contributed by atoms with Crippen LogP contribution >= 0.6 is 0 Å². The lowest BCUT2D eigenvalue weighted by Gasteiger charge is -2.41. The number of carboxylic acids is 1. The molecule has 1 saturated heterocycles. The number of rotatable bonds is 9. The number of amides is 2. The van der Waals surface area contributed by atoms with Crippen molar-refractivity contribution in [3.63, 3.8) is 0 Å². The second-order valence-electron chi connectivity index (χ2n) is 10.5. The highest BCUT2D eigenvalue weighted by Gasteiger charge is 2.34. The van der Waals surface area contributed by atoms with Crippen LogP contribution in [0.25, 0.3) is 22.2 Å². The summed E-state index contributed by atoms with van der Waals surface area (Å²) in [6.45, 7) is 3.98. The summed E-state index contributed by atoms with van der Waals surface area (Å²) in [4.78, 5) is 50.8. The van der Waals surface area contributed by atoms with Crippen LogP contribution in [0.15, 0.2) is 95.7 Å². The first-order valence-corrected chi connectivity index (χ1v) is 14.1. The van der Waals surface area contributed by atoms with Gasteiger partial charge in [-0.25, -0.2) is 9.78 Å². The molecule has 0 spiro atoms. The van der Waals surface area contributed by atoms with Gasteiger partial charge in [-0.15, -0.1) is 0 Å². The number of carbonyl (C=O) groups excluding carboxylic acids is 2. The molecule has 1 unspecified atom stereocenters. The highest BCUT2D eigenvalue weighted by atomic mass is 16.4. The van der Waals surface area contributed by atoms with Gasteiger partial charge >= 0.3 is 5.97 Å². The molecular formula is C33H31N5O5. The monoisotopic (exact) mass is 577 g/mol. The topological polar surface area (TPSA) is 123 Å². The van der Waals surface area contributed by atoms with E-state index in [2.05, 4.69) is 39.1 Å². The Labute approximate surface area is 248 Å². The molecule has 3 aromatic carbocycles. The molecule has 0 bridgehead atoms. The molecule has 3 heterocycles. The third kappa shape index (κ3) is 5.28. The molecule has 10 nitrogen and oxygen atoms in total. The average Bonchev–Trinajstić information content (AvgIpc) is 3.68. The van der Waals surface area contributed by atoms with Crippen LogP contribution in [0.1, 0.15) is 34.6 Å². The van der Waals surface area contributed by atoms with Gasteiger partial charge in [0, 0.05) is 37.1 Å². The SMILES string of the molecule is CC(C(=O)N1CCN(C(c2ccccc2)c2ccccc2)CC1)N(C=O)c1[nH]c2ccccc2c1-c1ocnc1C(=O)O. The zero-order valence-electron chi connectivity index (χ0n) is 23.6. The Morgan fingerprint density at radius 1 is 0.930 bits per heavy atom. The summed E-state index contributed by atoms with van der Waals surface area (Å²) in [6, 6.07) is 27.1. The van der Waals surface area contributed by atoms with Crippen molar-refractivity contribution in [2.75, 3.05) is 31.1 Å². The van der Waals surface area contributed by atoms with Crippen LogP contribution in [-0.2, 0) is 9.59 Å². The Hall–Kier alpha value is -5.22. The summed E-state index contributed by atoms with van der Waals surface area (Å²) in [5.74, 6) is -1.19. The number of anilines is 1. The Kier molecular flexibility index (Phi) is 7.76. The smallest absolute Gasteiger partial charge is 0.358 e. The number of oxazole rings is 1. The van der Waals surface area contributed by atoms with Gasteiger partial charge in [0.15, 0.2) is 17.8 Å². The van der Waals surface area contributed by atoms with Gasteiger partial charge in [-0.2, -0.15) is 0 Å². The number of hydrogen-bond donors (Lipinski definition) is 2. The first-order chi connectivity index (χ1) is 21.0. The Bertz CT molecular complexity index is 1700. The molecule has 1 fully saturated rings. The molecule has 5 aromatic rings. The average molecular weight is 578 g/mol. The number of fused-ring (bicyclic) bond motifs is 1. The number of aromatic nitrogens is 2. The summed E-state index contributed by atoms with van der Waals surface area (Å²) >= 11 is 0. The minimum atomic E-state index is -1.26. The highest BCUT2D eigenvalue weighted by Crippen LogP contribution is 2.40. The summed E-state index contributed by atoms with van der Waals surface area (Å²) in [5.41, 5.74) is 3.11. The van der Waals surface area contributed by atoms with Gasteiger partial charge in [0.2, 0.25) is 12.3 Å². The first-order valence-electron chi connectivity index (χ1n) is 14.1. The van der Waals surface area contributed by atoms with Crippen molar-refractivity contribution in [2.45, 2.75) is 19.0 Å². The quantitative estimate of drug-likeness (QED) is 0.241. The minimum absolute atomic E-state index is 0.00734. The van der Waals surface area contributed by atoms with Crippen molar-refractivity contribution in [3.05, 3.63) is 108 Å². The second-order valence-corrected chi connectivity index (χ2v) is 10.5. The summed E-state index contributed by atoms with van der Waals surface area (Å²) in [6.07, 6.45) is 1.65. The molecule has 1 aliphatic heterocycles. The zero-order chi connectivity index (χ0) is 29.9. The molecule has 0 radical (unpaired) electrons. The predicted octanol–water partition coefficient (Wildman–Crippen LogP) is 4.81. The van der Waals surface area contributed by atoms with E-state index in [1.165, 1.54) is 16.0 Å². The molecule has 1 atom stereocenters. The number of aromatic carboxylic acids is 1. The van der Waals surface area contributed by atoms with Gasteiger partial charge in [-0.05, 0) is 24.1 Å². The lowest BCUT2D eigenvalue weighted by Crippen LogP contribution is -2.54. The number of H-pyrrole nitrogens is 1. The van der Waals surface area contributed by atoms with Gasteiger partial charge in [0.05, 0.1) is 11.6 Å². The molecule has 2 N–H and O–H groups in total. The molecule has 1 aliphatic rings. The number of piperazine rings is 1. The normalized spacial score (nSPS) is 14.6. The fourth-order valence-electron chi connectivity index (χ4n) is 5.93. The summed E-state index contributed by atoms with van der Waals surface area (Å²) in [7, 11) is 0. The van der Waals surface area contributed by atoms with Crippen molar-refractivity contribution in [3.8, 4) is 11.3 Å². The predicted molar refractivity (Wildman–Crippen MR) is 162 cm³/mol. The van der Waals surface area contributed by atoms with Crippen LogP contribution in [0.4, 0.5) is 5.82 Å². The van der Waals surface area contributed by atoms with E-state index in [0.29, 0.717) is 49.1 Å². The molecule has 6 rings (SSSR count). The fourth-order valence-corrected chi connectivity index (χ4v) is 5.93. The number of carboxylic acid groups (broad SMARTS) is 1. The van der Waals surface area contributed by atoms with Crippen LogP contribution in [-0.4, -0.2) is 75.4 Å². The van der Waals surface area contributed by atoms with Crippen LogP contribution < -0.4 is 4.90 Å². The first kappa shape index (κ1) is 27.9. The van der Waals surface area contributed by atoms with E-state index in [-0.39, 0.29) is 29.2 Å². The van der Waals surface area contributed by atoms with Crippen molar-refractivity contribution in [1.82, 2.24) is 19.8 Å². The van der Waals surface area contributed by atoms with E-state index in [1.54, 1.807) is 24.0 Å². The maximum atomic E-state index is 13.8. The van der Waals surface area contributed by atoms with Crippen LogP contribution in [0, 0.1) is 0 Å². The largest absolute Gasteiger partial charge is 0.476 e. The van der Waals surface area contributed by atoms with Crippen molar-refractivity contribution in [1.29, 1.82) is 0 Å². The van der Waals surface area contributed by atoms with Gasteiger partial charge in [-0.1, -0.05) is 78.9 Å². The summed E-state index contributed by atoms with van der Waals surface area (Å²) < 4.78 is 5.52. The molecule has 0 aliphatic carbocycles. The number of nitrogens with one attached hydrogen (secondary N) is 1. The maximum absolute atomic E-state index is 13.8. The van der Waals surface area contributed by atoms with Crippen LogP contribution in [0.3, 0.4) is 0 Å². The van der Waals surface area contributed by atoms with Crippen molar-refractivity contribution >= 4 is 35.0 Å². The van der Waals surface area contributed by atoms with Crippen LogP contribution in [0.5, 0.6) is 0 Å². The lowest BCUT2D eigenvalue weighted by molar-refractivity contribution is -0.135. The highest BCUT2D eigenvalue weighted by molar-refractivity contribution is 6.08. The summed E-state index contributed by atoms with van der Waals surface area (Å²) in [5, 5.41) is 10.3. The molecule has 10 heteroatoms. The fraction of sp³-hybridized carbons (Fsp3) is 0.212. The Morgan fingerprint density at radius 3 is 2.14 bits per heavy atom. The van der Waals surface area contributed by atoms with Gasteiger partial charge in [-0.3, -0.25) is 19.4 Å². The number of hydrogen-bond acceptors (Lipinski definition) is 6. The van der Waals surface area contributed by atoms with E-state index in [0.717, 1.165) is 6.39 Å². The van der Waals surface area contributed by atoms with Crippen molar-refractivity contribution in [2.24, 2.45) is 0 Å². The standard InChI is InChI=1S/C33H31N5O5/c1-22(38(21-39)31-27(25-14-8-9-15-26(25)35-31)30-28(33(41)42)34-20-43-30)32(40)37-18-16-36(17-19-37)29(23-10-4-2-5-11-23)24-12-6-3-7-13-24/h2-15,20-22,29,35H,16-19H2,1H3,(H,41,42). The maximum Gasteiger partial charge on any atom is 0.358 e. The van der Waals surface area contributed by atoms with Crippen LogP contribution in [0.2, 0.25) is 0 Å². The number of carbonyl (C=O) groups is 3. The zero-order valence-corrected chi connectivity index (χ0v) is 23.6. The number of para-hydroxylation sites is 1. The molecular weight excluding hydrogens is 546 g/mol. The van der Waals surface area contributed by atoms with E-state index in [4.69, 9.17) is 4.42 Å².